The molecule has 0 spiro atoms. The minimum atomic E-state index is -0.833. The van der Waals surface area contributed by atoms with Crippen LogP contribution in [0.2, 0.25) is 0 Å². The van der Waals surface area contributed by atoms with Crippen molar-refractivity contribution in [2.75, 3.05) is 0 Å². The number of carbonyl (C=O) groups excluding carboxylic acids is 1. The lowest BCUT2D eigenvalue weighted by Crippen LogP contribution is -2.00. The van der Waals surface area contributed by atoms with Crippen LogP contribution in [0.4, 0.5) is 0 Å². The van der Waals surface area contributed by atoms with Crippen LogP contribution in [-0.4, -0.2) is 16.9 Å². The number of benzene rings is 2. The molecule has 0 bridgehead atoms. The van der Waals surface area contributed by atoms with E-state index in [1.807, 2.05) is 42.5 Å². The minimum Gasteiger partial charge on any atom is -0.481 e. The molecular weight excluding hydrogens is 264 g/mol. The maximum atomic E-state index is 11.9. The third kappa shape index (κ3) is 4.56. The number of ketones is 1. The fourth-order valence-electron chi connectivity index (χ4n) is 2.04. The minimum absolute atomic E-state index is 0.303. The first-order valence-corrected chi connectivity index (χ1v) is 6.97. The zero-order valence-corrected chi connectivity index (χ0v) is 12.0. The summed E-state index contributed by atoms with van der Waals surface area (Å²) in [6.45, 7) is 1.08. The molecule has 3 heteroatoms. The molecule has 3 nitrogen and oxygen atoms in total. The highest BCUT2D eigenvalue weighted by atomic mass is 16.4. The van der Waals surface area contributed by atoms with Crippen LogP contribution < -0.4 is 0 Å². The molecule has 0 saturated heterocycles. The van der Waals surface area contributed by atoms with Crippen LogP contribution in [0.15, 0.2) is 54.6 Å². The van der Waals surface area contributed by atoms with Gasteiger partial charge in [-0.25, -0.2) is 0 Å². The molecule has 0 aliphatic heterocycles. The van der Waals surface area contributed by atoms with E-state index in [1.165, 1.54) is 5.56 Å². The van der Waals surface area contributed by atoms with E-state index in [0.29, 0.717) is 11.7 Å². The normalized spacial score (nSPS) is 13.0. The molecule has 2 aromatic carbocycles. The Morgan fingerprint density at radius 3 is 1.86 bits per heavy atom. The first-order chi connectivity index (χ1) is 10.1. The number of Topliss-reactive ketones (excluding diaryl/α,β-unsaturated/α-hetero) is 1. The maximum absolute atomic E-state index is 11.9. The number of aliphatic carboxylic acids is 1. The number of hydrogen-bond donors (Lipinski definition) is 1. The summed E-state index contributed by atoms with van der Waals surface area (Å²) in [5.41, 5.74) is 3.21. The first kappa shape index (κ1) is 15.0. The van der Waals surface area contributed by atoms with Crippen LogP contribution in [0.5, 0.6) is 0 Å². The Morgan fingerprint density at radius 1 is 0.905 bits per heavy atom. The van der Waals surface area contributed by atoms with E-state index in [0.717, 1.165) is 30.9 Å². The number of hydrogen-bond acceptors (Lipinski definition) is 2. The summed E-state index contributed by atoms with van der Waals surface area (Å²) in [6.07, 6.45) is 2.14. The van der Waals surface area contributed by atoms with Gasteiger partial charge in [-0.3, -0.25) is 9.59 Å². The average molecular weight is 282 g/mol. The second-order valence-electron chi connectivity index (χ2n) is 5.10. The van der Waals surface area contributed by atoms with Gasteiger partial charge in [0, 0.05) is 18.4 Å². The Labute approximate surface area is 124 Å². The molecule has 0 aromatic heterocycles. The quantitative estimate of drug-likeness (QED) is 0.864. The summed E-state index contributed by atoms with van der Waals surface area (Å²) >= 11 is 0. The molecule has 21 heavy (non-hydrogen) atoms. The maximum Gasteiger partial charge on any atom is 0.300 e. The molecule has 0 unspecified atom stereocenters. The van der Waals surface area contributed by atoms with Gasteiger partial charge in [-0.15, -0.1) is 0 Å². The van der Waals surface area contributed by atoms with Gasteiger partial charge in [-0.1, -0.05) is 54.6 Å². The van der Waals surface area contributed by atoms with Crippen molar-refractivity contribution >= 4 is 11.8 Å². The van der Waals surface area contributed by atoms with E-state index < -0.39 is 5.97 Å². The number of rotatable bonds is 3. The largest absolute Gasteiger partial charge is 0.481 e. The van der Waals surface area contributed by atoms with E-state index in [9.17, 15) is 4.79 Å². The zero-order valence-electron chi connectivity index (χ0n) is 12.0. The van der Waals surface area contributed by atoms with Crippen LogP contribution in [-0.2, 0) is 4.79 Å². The monoisotopic (exact) mass is 282 g/mol. The summed E-state index contributed by atoms with van der Waals surface area (Å²) in [5, 5.41) is 7.42. The van der Waals surface area contributed by atoms with E-state index in [4.69, 9.17) is 9.90 Å². The van der Waals surface area contributed by atoms with Crippen molar-refractivity contribution in [2.45, 2.75) is 19.8 Å². The Bertz CT molecular complexity index is 607. The van der Waals surface area contributed by atoms with Gasteiger partial charge in [0.25, 0.3) is 5.97 Å². The molecule has 1 fully saturated rings. The van der Waals surface area contributed by atoms with Crippen LogP contribution in [0.25, 0.3) is 11.1 Å². The third-order valence-electron chi connectivity index (χ3n) is 3.22. The predicted octanol–water partition coefficient (Wildman–Crippen LogP) is 4.04. The van der Waals surface area contributed by atoms with Gasteiger partial charge in [0.15, 0.2) is 5.78 Å². The predicted molar refractivity (Wildman–Crippen MR) is 82.2 cm³/mol. The molecule has 1 N–H and O–H groups in total. The van der Waals surface area contributed by atoms with E-state index in [1.54, 1.807) is 0 Å². The third-order valence-corrected chi connectivity index (χ3v) is 3.22. The van der Waals surface area contributed by atoms with E-state index in [-0.39, 0.29) is 0 Å². The summed E-state index contributed by atoms with van der Waals surface area (Å²) < 4.78 is 0. The van der Waals surface area contributed by atoms with E-state index >= 15 is 0 Å². The second-order valence-corrected chi connectivity index (χ2v) is 5.10. The van der Waals surface area contributed by atoms with Gasteiger partial charge in [-0.2, -0.15) is 0 Å². The average Bonchev–Trinajstić information content (AvgIpc) is 3.32. The highest BCUT2D eigenvalue weighted by Gasteiger charge is 2.30. The van der Waals surface area contributed by atoms with Crippen molar-refractivity contribution in [2.24, 2.45) is 5.92 Å². The van der Waals surface area contributed by atoms with Crippen molar-refractivity contribution < 1.29 is 14.7 Å². The Hall–Kier alpha value is -2.42. The van der Waals surface area contributed by atoms with Crippen LogP contribution in [0.1, 0.15) is 30.1 Å². The molecule has 1 aliphatic rings. The topological polar surface area (TPSA) is 54.4 Å². The van der Waals surface area contributed by atoms with Crippen molar-refractivity contribution in [3.05, 3.63) is 60.2 Å². The molecular formula is C18H18O3. The second kappa shape index (κ2) is 6.84. The van der Waals surface area contributed by atoms with Crippen molar-refractivity contribution in [1.82, 2.24) is 0 Å². The number of carbonyl (C=O) groups is 2. The first-order valence-electron chi connectivity index (χ1n) is 6.97. The van der Waals surface area contributed by atoms with Crippen molar-refractivity contribution in [3.8, 4) is 11.1 Å². The molecule has 0 amide bonds. The van der Waals surface area contributed by atoms with Crippen LogP contribution in [0.3, 0.4) is 0 Å². The van der Waals surface area contributed by atoms with E-state index in [2.05, 4.69) is 12.1 Å². The Morgan fingerprint density at radius 2 is 1.38 bits per heavy atom. The molecule has 3 rings (SSSR count). The standard InChI is InChI=1S/C16H14O.C2H4O2/c17-16(15-10-11-15)14-8-6-13(7-9-14)12-4-2-1-3-5-12;1-2(3)4/h1-9,15H,10-11H2;1H3,(H,3,4). The number of carboxylic acids is 1. The lowest BCUT2D eigenvalue weighted by atomic mass is 10.0. The van der Waals surface area contributed by atoms with Gasteiger partial charge >= 0.3 is 0 Å². The molecule has 0 heterocycles. The van der Waals surface area contributed by atoms with Gasteiger partial charge < -0.3 is 5.11 Å². The molecule has 108 valence electrons. The fraction of sp³-hybridized carbons (Fsp3) is 0.222. The smallest absolute Gasteiger partial charge is 0.300 e. The molecule has 2 aromatic rings. The molecule has 1 saturated carbocycles. The van der Waals surface area contributed by atoms with Gasteiger partial charge in [0.2, 0.25) is 0 Å². The fourth-order valence-corrected chi connectivity index (χ4v) is 2.04. The summed E-state index contributed by atoms with van der Waals surface area (Å²) in [4.78, 5) is 20.9. The summed E-state index contributed by atoms with van der Waals surface area (Å²) in [5.74, 6) is -0.220. The Balaban J connectivity index is 0.000000361. The van der Waals surface area contributed by atoms with Crippen molar-refractivity contribution in [1.29, 1.82) is 0 Å². The Kier molecular flexibility index (Phi) is 4.88. The molecule has 0 radical (unpaired) electrons. The molecule has 0 atom stereocenters. The summed E-state index contributed by atoms with van der Waals surface area (Å²) in [7, 11) is 0. The van der Waals surface area contributed by atoms with Crippen LogP contribution in [0, 0.1) is 5.92 Å². The zero-order chi connectivity index (χ0) is 15.2. The summed E-state index contributed by atoms with van der Waals surface area (Å²) in [6, 6.07) is 18.2. The highest BCUT2D eigenvalue weighted by Crippen LogP contribution is 2.33. The highest BCUT2D eigenvalue weighted by molar-refractivity contribution is 5.99. The van der Waals surface area contributed by atoms with Gasteiger partial charge in [-0.05, 0) is 24.0 Å². The van der Waals surface area contributed by atoms with Crippen molar-refractivity contribution in [3.63, 3.8) is 0 Å². The lowest BCUT2D eigenvalue weighted by Gasteiger charge is -2.03. The number of carboxylic acid groups (broad SMARTS) is 1. The molecule has 1 aliphatic carbocycles. The SMILES string of the molecule is CC(=O)O.O=C(c1ccc(-c2ccccc2)cc1)C1CC1. The van der Waals surface area contributed by atoms with Gasteiger partial charge in [0.1, 0.15) is 0 Å². The lowest BCUT2D eigenvalue weighted by molar-refractivity contribution is -0.134. The van der Waals surface area contributed by atoms with Gasteiger partial charge in [0.05, 0.1) is 0 Å². The van der Waals surface area contributed by atoms with Crippen LogP contribution >= 0.6 is 0 Å².